The van der Waals surface area contributed by atoms with E-state index in [1.165, 1.54) is 122 Å². The predicted octanol–water partition coefficient (Wildman–Crippen LogP) is 12.3. The van der Waals surface area contributed by atoms with Crippen LogP contribution in [-0.2, 0) is 4.79 Å². The van der Waals surface area contributed by atoms with Gasteiger partial charge in [-0.1, -0.05) is 156 Å². The number of ether oxygens (including phenoxy) is 3. The van der Waals surface area contributed by atoms with Gasteiger partial charge < -0.3 is 19.3 Å². The number of aliphatic carboxylic acids is 1. The Morgan fingerprint density at radius 3 is 1.18 bits per heavy atom. The van der Waals surface area contributed by atoms with Crippen LogP contribution in [0.25, 0.3) is 6.08 Å². The van der Waals surface area contributed by atoms with E-state index in [2.05, 4.69) is 20.8 Å². The van der Waals surface area contributed by atoms with Gasteiger partial charge in [-0.15, -0.1) is 0 Å². The summed E-state index contributed by atoms with van der Waals surface area (Å²) < 4.78 is 19.0. The van der Waals surface area contributed by atoms with Crippen LogP contribution in [0.5, 0.6) is 17.2 Å². The van der Waals surface area contributed by atoms with Crippen LogP contribution in [0.2, 0.25) is 0 Å². The van der Waals surface area contributed by atoms with Crippen LogP contribution >= 0.6 is 0 Å². The van der Waals surface area contributed by atoms with Gasteiger partial charge in [0, 0.05) is 6.08 Å². The molecule has 1 rings (SSSR count). The molecule has 0 radical (unpaired) electrons. The highest BCUT2D eigenvalue weighted by molar-refractivity contribution is 5.85. The second kappa shape index (κ2) is 29.5. The number of benzene rings is 1. The van der Waals surface area contributed by atoms with Crippen LogP contribution in [0.1, 0.15) is 180 Å². The highest BCUT2D eigenvalue weighted by Crippen LogP contribution is 2.40. The number of hydrogen-bond donors (Lipinski definition) is 1. The topological polar surface area (TPSA) is 65.0 Å². The molecule has 0 spiro atoms. The zero-order valence-electron chi connectivity index (χ0n) is 29.0. The molecule has 0 atom stereocenters. The van der Waals surface area contributed by atoms with Gasteiger partial charge in [0.25, 0.3) is 0 Å². The van der Waals surface area contributed by atoms with E-state index in [1.807, 2.05) is 12.1 Å². The van der Waals surface area contributed by atoms with Gasteiger partial charge in [-0.05, 0) is 43.0 Å². The Hall–Kier alpha value is -2.17. The summed E-state index contributed by atoms with van der Waals surface area (Å²) in [7, 11) is 0. The first-order valence-corrected chi connectivity index (χ1v) is 18.6. The van der Waals surface area contributed by atoms with Gasteiger partial charge in [-0.25, -0.2) is 4.79 Å². The number of carbonyl (C=O) groups is 1. The normalized spacial score (nSPS) is 11.3. The van der Waals surface area contributed by atoms with E-state index < -0.39 is 5.97 Å². The smallest absolute Gasteiger partial charge is 0.328 e. The molecular formula is C39H68O5. The summed E-state index contributed by atoms with van der Waals surface area (Å²) in [6.45, 7) is 8.63. The third-order valence-electron chi connectivity index (χ3n) is 8.22. The van der Waals surface area contributed by atoms with Crippen LogP contribution < -0.4 is 14.2 Å². The van der Waals surface area contributed by atoms with Crippen molar-refractivity contribution in [2.75, 3.05) is 19.8 Å². The number of carboxylic acids is 1. The summed E-state index contributed by atoms with van der Waals surface area (Å²) in [6.07, 6.45) is 32.7. The molecule has 0 aromatic heterocycles. The summed E-state index contributed by atoms with van der Waals surface area (Å²) in [5.74, 6) is 1.01. The van der Waals surface area contributed by atoms with E-state index >= 15 is 0 Å². The van der Waals surface area contributed by atoms with Crippen molar-refractivity contribution in [3.05, 3.63) is 23.8 Å². The lowest BCUT2D eigenvalue weighted by Gasteiger charge is -2.18. The summed E-state index contributed by atoms with van der Waals surface area (Å²) >= 11 is 0. The number of unbranched alkanes of at least 4 members (excludes halogenated alkanes) is 21. The minimum atomic E-state index is -0.970. The molecule has 1 aromatic rings. The van der Waals surface area contributed by atoms with Crippen LogP contribution in [0, 0.1) is 0 Å². The molecule has 0 aliphatic heterocycles. The first kappa shape index (κ1) is 39.9. The Balaban J connectivity index is 2.80. The van der Waals surface area contributed by atoms with E-state index in [-0.39, 0.29) is 0 Å². The minimum Gasteiger partial charge on any atom is -0.490 e. The maximum Gasteiger partial charge on any atom is 0.328 e. The lowest BCUT2D eigenvalue weighted by molar-refractivity contribution is -0.131. The maximum atomic E-state index is 11.2. The molecule has 0 heterocycles. The molecule has 0 saturated heterocycles. The third kappa shape index (κ3) is 22.4. The van der Waals surface area contributed by atoms with Gasteiger partial charge in [0.1, 0.15) is 0 Å². The average molecular weight is 617 g/mol. The lowest BCUT2D eigenvalue weighted by atomic mass is 10.1. The molecule has 0 aliphatic carbocycles. The fourth-order valence-corrected chi connectivity index (χ4v) is 5.46. The lowest BCUT2D eigenvalue weighted by Crippen LogP contribution is -2.07. The molecular weight excluding hydrogens is 548 g/mol. The molecule has 5 nitrogen and oxygen atoms in total. The predicted molar refractivity (Wildman–Crippen MR) is 187 cm³/mol. The largest absolute Gasteiger partial charge is 0.490 e. The number of carboxylic acid groups (broad SMARTS) is 1. The summed E-state index contributed by atoms with van der Waals surface area (Å²) in [6, 6.07) is 3.80. The molecule has 0 unspecified atom stereocenters. The Labute approximate surface area is 271 Å². The Morgan fingerprint density at radius 1 is 0.523 bits per heavy atom. The maximum absolute atomic E-state index is 11.2. The van der Waals surface area contributed by atoms with Gasteiger partial charge in [0.15, 0.2) is 11.5 Å². The highest BCUT2D eigenvalue weighted by Gasteiger charge is 2.16. The van der Waals surface area contributed by atoms with Crippen molar-refractivity contribution in [3.8, 4) is 17.2 Å². The van der Waals surface area contributed by atoms with Crippen molar-refractivity contribution in [1.29, 1.82) is 0 Å². The van der Waals surface area contributed by atoms with Crippen molar-refractivity contribution in [2.24, 2.45) is 0 Å². The van der Waals surface area contributed by atoms with E-state index in [4.69, 9.17) is 14.2 Å². The zero-order chi connectivity index (χ0) is 31.9. The first-order valence-electron chi connectivity index (χ1n) is 18.6. The van der Waals surface area contributed by atoms with Crippen LogP contribution in [0.4, 0.5) is 0 Å². The molecule has 1 aromatic carbocycles. The number of hydrogen-bond acceptors (Lipinski definition) is 4. The SMILES string of the molecule is CCCCCCCCCCOc1cc(/C=C/C(=O)O)cc(OCCCCCCCCCC)c1OCCCCCCCCCC. The molecule has 1 N–H and O–H groups in total. The van der Waals surface area contributed by atoms with E-state index in [0.717, 1.165) is 44.1 Å². The molecule has 0 fully saturated rings. The molecule has 0 aliphatic rings. The second-order valence-electron chi connectivity index (χ2n) is 12.5. The Bertz CT molecular complexity index is 791. The van der Waals surface area contributed by atoms with Crippen molar-refractivity contribution < 1.29 is 24.1 Å². The molecule has 0 bridgehead atoms. The van der Waals surface area contributed by atoms with Gasteiger partial charge in [-0.2, -0.15) is 0 Å². The molecule has 5 heteroatoms. The molecule has 44 heavy (non-hydrogen) atoms. The summed E-state index contributed by atoms with van der Waals surface area (Å²) in [5, 5.41) is 9.23. The number of rotatable bonds is 32. The summed E-state index contributed by atoms with van der Waals surface area (Å²) in [4.78, 5) is 11.2. The molecule has 254 valence electrons. The molecule has 0 amide bonds. The molecule has 0 saturated carbocycles. The Morgan fingerprint density at radius 2 is 0.841 bits per heavy atom. The summed E-state index contributed by atoms with van der Waals surface area (Å²) in [5.41, 5.74) is 0.753. The van der Waals surface area contributed by atoms with Gasteiger partial charge >= 0.3 is 5.97 Å². The van der Waals surface area contributed by atoms with Crippen molar-refractivity contribution in [2.45, 2.75) is 175 Å². The van der Waals surface area contributed by atoms with Crippen LogP contribution in [0.15, 0.2) is 18.2 Å². The fraction of sp³-hybridized carbons (Fsp3) is 0.769. The second-order valence-corrected chi connectivity index (χ2v) is 12.5. The fourth-order valence-electron chi connectivity index (χ4n) is 5.46. The van der Waals surface area contributed by atoms with Gasteiger partial charge in [0.05, 0.1) is 19.8 Å². The van der Waals surface area contributed by atoms with Gasteiger partial charge in [-0.3, -0.25) is 0 Å². The minimum absolute atomic E-state index is 0.618. The van der Waals surface area contributed by atoms with Gasteiger partial charge in [0.2, 0.25) is 5.75 Å². The highest BCUT2D eigenvalue weighted by atomic mass is 16.5. The van der Waals surface area contributed by atoms with E-state index in [9.17, 15) is 9.90 Å². The monoisotopic (exact) mass is 617 g/mol. The van der Waals surface area contributed by atoms with Crippen LogP contribution in [0.3, 0.4) is 0 Å². The van der Waals surface area contributed by atoms with Crippen molar-refractivity contribution in [1.82, 2.24) is 0 Å². The first-order chi connectivity index (χ1) is 21.6. The zero-order valence-corrected chi connectivity index (χ0v) is 29.0. The third-order valence-corrected chi connectivity index (χ3v) is 8.22. The quantitative estimate of drug-likeness (QED) is 0.0644. The Kier molecular flexibility index (Phi) is 26.8. The van der Waals surface area contributed by atoms with E-state index in [0.29, 0.717) is 37.1 Å². The van der Waals surface area contributed by atoms with E-state index in [1.54, 1.807) is 6.08 Å². The standard InChI is InChI=1S/C39H68O5/c1-4-7-10-13-16-19-22-25-30-42-36-33-35(28-29-38(40)41)34-37(43-31-26-23-20-17-14-11-8-5-2)39(36)44-32-27-24-21-18-15-12-9-6-3/h28-29,33-34H,4-27,30-32H2,1-3H3,(H,40,41)/b29-28+. The van der Waals surface area contributed by atoms with Crippen LogP contribution in [-0.4, -0.2) is 30.9 Å². The van der Waals surface area contributed by atoms with Crippen molar-refractivity contribution >= 4 is 12.0 Å². The average Bonchev–Trinajstić information content (AvgIpc) is 3.02. The van der Waals surface area contributed by atoms with Crippen molar-refractivity contribution in [3.63, 3.8) is 0 Å².